The van der Waals surface area contributed by atoms with Crippen LogP contribution in [0.25, 0.3) is 11.1 Å². The monoisotopic (exact) mass is 462 g/mol. The summed E-state index contributed by atoms with van der Waals surface area (Å²) in [4.78, 5) is 12.9. The van der Waals surface area contributed by atoms with Crippen LogP contribution in [0.3, 0.4) is 0 Å². The smallest absolute Gasteiger partial charge is 0.316 e. The molecule has 2 aromatic rings. The molecule has 31 heavy (non-hydrogen) atoms. The number of ether oxygens (including phenoxy) is 1. The Labute approximate surface area is 187 Å². The Morgan fingerprint density at radius 3 is 1.81 bits per heavy atom. The zero-order valence-corrected chi connectivity index (χ0v) is 21.8. The van der Waals surface area contributed by atoms with Gasteiger partial charge in [-0.3, -0.25) is 4.79 Å². The molecule has 2 aromatic carbocycles. The number of carbonyl (C=O) groups excluding carboxylic acids is 1. The van der Waals surface area contributed by atoms with E-state index in [-0.39, 0.29) is 15.9 Å². The molecule has 0 saturated carbocycles. The third-order valence-corrected chi connectivity index (χ3v) is 11.0. The quantitative estimate of drug-likeness (QED) is 0.305. The maximum Gasteiger partial charge on any atom is 0.316 e. The van der Waals surface area contributed by atoms with Crippen molar-refractivity contribution in [2.75, 3.05) is 6.26 Å². The first kappa shape index (κ1) is 25.1. The summed E-state index contributed by atoms with van der Waals surface area (Å²) in [5, 5.41) is -0.0154. The minimum atomic E-state index is -3.27. The summed E-state index contributed by atoms with van der Waals surface area (Å²) in [5.41, 5.74) is 0.958. The van der Waals surface area contributed by atoms with Crippen LogP contribution in [0.4, 0.5) is 0 Å². The highest BCUT2D eigenvalue weighted by Crippen LogP contribution is 2.41. The van der Waals surface area contributed by atoms with Gasteiger partial charge in [-0.15, -0.1) is 0 Å². The molecule has 0 aliphatic rings. The predicted octanol–water partition coefficient (Wildman–Crippen LogP) is 6.09. The van der Waals surface area contributed by atoms with E-state index in [1.165, 1.54) is 6.26 Å². The van der Waals surface area contributed by atoms with Crippen LogP contribution in [0.5, 0.6) is 11.5 Å². The summed E-state index contributed by atoms with van der Waals surface area (Å²) in [7, 11) is -5.43. The molecule has 0 amide bonds. The van der Waals surface area contributed by atoms with E-state index in [4.69, 9.17) is 9.16 Å². The molecule has 0 spiro atoms. The van der Waals surface area contributed by atoms with Crippen molar-refractivity contribution in [3.63, 3.8) is 0 Å². The lowest BCUT2D eigenvalue weighted by molar-refractivity contribution is -0.143. The Kier molecular flexibility index (Phi) is 6.84. The zero-order valence-electron chi connectivity index (χ0n) is 20.0. The van der Waals surface area contributed by atoms with Gasteiger partial charge in [0.05, 0.1) is 10.3 Å². The molecule has 0 heterocycles. The summed E-state index contributed by atoms with van der Waals surface area (Å²) < 4.78 is 35.7. The molecule has 170 valence electrons. The first-order chi connectivity index (χ1) is 13.9. The number of carbonyl (C=O) groups is 1. The Balaban J connectivity index is 2.52. The highest BCUT2D eigenvalue weighted by Gasteiger charge is 2.40. The molecule has 0 unspecified atom stereocenters. The molecule has 0 aliphatic heterocycles. The van der Waals surface area contributed by atoms with Crippen molar-refractivity contribution in [2.45, 2.75) is 64.6 Å². The van der Waals surface area contributed by atoms with Crippen molar-refractivity contribution in [3.05, 3.63) is 42.5 Å². The van der Waals surface area contributed by atoms with Crippen LogP contribution < -0.4 is 9.16 Å². The summed E-state index contributed by atoms with van der Waals surface area (Å²) in [5.74, 6) is 0.562. The standard InChI is InChI=1S/C24H34O5SSi/c1-23(2,3)22(25)28-21-16-18(17-10-13-19(14-11-17)30(7,26)27)12-15-20(21)29-31(8,9)24(4,5)6/h10-16H,1-9H3. The third kappa shape index (κ3) is 6.20. The lowest BCUT2D eigenvalue weighted by Crippen LogP contribution is -2.44. The Morgan fingerprint density at radius 1 is 0.839 bits per heavy atom. The molecule has 0 bridgehead atoms. The highest BCUT2D eigenvalue weighted by atomic mass is 32.2. The molecule has 0 N–H and O–H groups in total. The second-order valence-corrected chi connectivity index (χ2v) is 17.2. The Morgan fingerprint density at radius 2 is 1.35 bits per heavy atom. The molecule has 7 heteroatoms. The fourth-order valence-electron chi connectivity index (χ4n) is 2.43. The fourth-order valence-corrected chi connectivity index (χ4v) is 4.08. The SMILES string of the molecule is CC(C)(C)C(=O)Oc1cc(-c2ccc(S(C)(=O)=O)cc2)ccc1O[Si](C)(C)C(C)(C)C. The lowest BCUT2D eigenvalue weighted by atomic mass is 9.97. The zero-order chi connectivity index (χ0) is 23.8. The van der Waals surface area contributed by atoms with Gasteiger partial charge in [0.1, 0.15) is 5.75 Å². The van der Waals surface area contributed by atoms with Gasteiger partial charge in [-0.1, -0.05) is 39.0 Å². The van der Waals surface area contributed by atoms with E-state index in [1.807, 2.05) is 12.1 Å². The predicted molar refractivity (Wildman–Crippen MR) is 128 cm³/mol. The highest BCUT2D eigenvalue weighted by molar-refractivity contribution is 7.90. The number of hydrogen-bond donors (Lipinski definition) is 0. The van der Waals surface area contributed by atoms with Crippen molar-refractivity contribution in [2.24, 2.45) is 5.41 Å². The van der Waals surface area contributed by atoms with Gasteiger partial charge >= 0.3 is 5.97 Å². The maximum atomic E-state index is 12.6. The van der Waals surface area contributed by atoms with Crippen LogP contribution in [0.2, 0.25) is 18.1 Å². The van der Waals surface area contributed by atoms with Crippen LogP contribution in [-0.4, -0.2) is 29.0 Å². The number of rotatable bonds is 5. The van der Waals surface area contributed by atoms with E-state index in [2.05, 4.69) is 33.9 Å². The molecule has 5 nitrogen and oxygen atoms in total. The molecule has 0 radical (unpaired) electrons. The largest absolute Gasteiger partial charge is 0.541 e. The first-order valence-corrected chi connectivity index (χ1v) is 15.1. The fraction of sp³-hybridized carbons (Fsp3) is 0.458. The van der Waals surface area contributed by atoms with Gasteiger partial charge in [0.2, 0.25) is 0 Å². The van der Waals surface area contributed by atoms with Gasteiger partial charge in [0.25, 0.3) is 8.32 Å². The minimum Gasteiger partial charge on any atom is -0.541 e. The lowest BCUT2D eigenvalue weighted by Gasteiger charge is -2.37. The van der Waals surface area contributed by atoms with E-state index >= 15 is 0 Å². The van der Waals surface area contributed by atoms with Crippen molar-refractivity contribution in [1.29, 1.82) is 0 Å². The number of esters is 1. The molecular formula is C24H34O5SSi. The molecule has 0 aliphatic carbocycles. The maximum absolute atomic E-state index is 12.6. The minimum absolute atomic E-state index is 0.0154. The van der Waals surface area contributed by atoms with Crippen LogP contribution in [0.1, 0.15) is 41.5 Å². The van der Waals surface area contributed by atoms with Crippen molar-refractivity contribution >= 4 is 24.1 Å². The van der Waals surface area contributed by atoms with E-state index < -0.39 is 23.6 Å². The summed E-state index contributed by atoms with van der Waals surface area (Å²) in [6.45, 7) is 16.1. The summed E-state index contributed by atoms with van der Waals surface area (Å²) in [6, 6.07) is 12.1. The van der Waals surface area contributed by atoms with Gasteiger partial charge in [-0.2, -0.15) is 0 Å². The van der Waals surface area contributed by atoms with Gasteiger partial charge in [0, 0.05) is 6.26 Å². The molecule has 2 rings (SSSR count). The van der Waals surface area contributed by atoms with Crippen molar-refractivity contribution < 1.29 is 22.4 Å². The van der Waals surface area contributed by atoms with E-state index in [0.717, 1.165) is 11.1 Å². The van der Waals surface area contributed by atoms with E-state index in [9.17, 15) is 13.2 Å². The molecule has 0 aromatic heterocycles. The first-order valence-electron chi connectivity index (χ1n) is 10.3. The summed E-state index contributed by atoms with van der Waals surface area (Å²) >= 11 is 0. The van der Waals surface area contributed by atoms with E-state index in [0.29, 0.717) is 11.5 Å². The normalized spacial score (nSPS) is 13.1. The second-order valence-electron chi connectivity index (χ2n) is 10.5. The molecule has 0 fully saturated rings. The van der Waals surface area contributed by atoms with Gasteiger partial charge in [-0.25, -0.2) is 8.42 Å². The molecular weight excluding hydrogens is 428 g/mol. The van der Waals surface area contributed by atoms with Crippen LogP contribution in [0.15, 0.2) is 47.4 Å². The Bertz CT molecular complexity index is 1060. The van der Waals surface area contributed by atoms with Crippen molar-refractivity contribution in [1.82, 2.24) is 0 Å². The van der Waals surface area contributed by atoms with Crippen molar-refractivity contribution in [3.8, 4) is 22.6 Å². The van der Waals surface area contributed by atoms with Gasteiger partial charge in [-0.05, 0) is 74.3 Å². The average molecular weight is 463 g/mol. The van der Waals surface area contributed by atoms with Crippen LogP contribution >= 0.6 is 0 Å². The Hall–Kier alpha value is -2.12. The van der Waals surface area contributed by atoms with Gasteiger partial charge < -0.3 is 9.16 Å². The van der Waals surface area contributed by atoms with Crippen LogP contribution in [-0.2, 0) is 14.6 Å². The third-order valence-electron chi connectivity index (χ3n) is 5.55. The number of hydrogen-bond acceptors (Lipinski definition) is 5. The molecule has 0 saturated heterocycles. The van der Waals surface area contributed by atoms with E-state index in [1.54, 1.807) is 51.1 Å². The van der Waals surface area contributed by atoms with Crippen LogP contribution in [0, 0.1) is 5.41 Å². The summed E-state index contributed by atoms with van der Waals surface area (Å²) in [6.07, 6.45) is 1.18. The number of sulfone groups is 1. The topological polar surface area (TPSA) is 69.7 Å². The second kappa shape index (κ2) is 8.43. The average Bonchev–Trinajstić information content (AvgIpc) is 2.60. The molecule has 0 atom stereocenters. The number of benzene rings is 2. The van der Waals surface area contributed by atoms with Gasteiger partial charge in [0.15, 0.2) is 15.6 Å².